The molecule has 2 aromatic rings. The molecule has 0 atom stereocenters. The van der Waals surface area contributed by atoms with E-state index in [1.165, 1.54) is 21.1 Å². The summed E-state index contributed by atoms with van der Waals surface area (Å²) in [5, 5.41) is 1.19. The highest BCUT2D eigenvalue weighted by Gasteiger charge is 2.19. The summed E-state index contributed by atoms with van der Waals surface area (Å²) >= 11 is 1.83. The summed E-state index contributed by atoms with van der Waals surface area (Å²) in [5.74, 6) is 0. The number of aryl methyl sites for hydroxylation is 1. The van der Waals surface area contributed by atoms with Crippen molar-refractivity contribution in [3.8, 4) is 0 Å². The summed E-state index contributed by atoms with van der Waals surface area (Å²) in [6, 6.07) is 8.18. The van der Waals surface area contributed by atoms with Gasteiger partial charge in [-0.15, -0.1) is 11.3 Å². The molecule has 1 aliphatic heterocycles. The molecule has 0 radical (unpaired) electrons. The van der Waals surface area contributed by atoms with E-state index < -0.39 is 0 Å². The van der Waals surface area contributed by atoms with E-state index in [-0.39, 0.29) is 0 Å². The van der Waals surface area contributed by atoms with Crippen LogP contribution < -0.4 is 5.73 Å². The maximum Gasteiger partial charge on any atom is 0.0900 e. The summed E-state index contributed by atoms with van der Waals surface area (Å²) < 4.78 is 0. The summed E-state index contributed by atoms with van der Waals surface area (Å²) in [6.45, 7) is 5.22. The molecule has 0 saturated heterocycles. The van der Waals surface area contributed by atoms with E-state index in [2.05, 4.69) is 28.9 Å². The topological polar surface area (TPSA) is 42.2 Å². The Kier molecular flexibility index (Phi) is 3.06. The lowest BCUT2D eigenvalue weighted by atomic mass is 10.1. The Hall–Kier alpha value is -1.39. The Morgan fingerprint density at radius 2 is 2.11 bits per heavy atom. The maximum absolute atomic E-state index is 5.71. The van der Waals surface area contributed by atoms with E-state index in [1.807, 2.05) is 23.5 Å². The van der Waals surface area contributed by atoms with Gasteiger partial charge in [-0.3, -0.25) is 4.90 Å². The van der Waals surface area contributed by atoms with Crippen LogP contribution >= 0.6 is 11.3 Å². The van der Waals surface area contributed by atoms with Crippen molar-refractivity contribution in [2.24, 2.45) is 0 Å². The highest BCUT2D eigenvalue weighted by Crippen LogP contribution is 2.25. The molecule has 1 aliphatic rings. The molecule has 2 N–H and O–H groups in total. The number of thiazole rings is 1. The summed E-state index contributed by atoms with van der Waals surface area (Å²) in [4.78, 5) is 8.50. The van der Waals surface area contributed by atoms with Gasteiger partial charge < -0.3 is 5.73 Å². The van der Waals surface area contributed by atoms with Crippen LogP contribution in [0.5, 0.6) is 0 Å². The molecule has 2 heterocycles. The predicted molar refractivity (Wildman–Crippen MR) is 75.5 cm³/mol. The van der Waals surface area contributed by atoms with Crippen molar-refractivity contribution in [3.63, 3.8) is 0 Å². The minimum Gasteiger partial charge on any atom is -0.399 e. The van der Waals surface area contributed by atoms with Crippen LogP contribution in [-0.4, -0.2) is 16.4 Å². The van der Waals surface area contributed by atoms with Crippen LogP contribution in [0.2, 0.25) is 0 Å². The molecule has 0 bridgehead atoms. The third-order valence-corrected chi connectivity index (χ3v) is 4.30. The van der Waals surface area contributed by atoms with E-state index in [0.717, 1.165) is 31.7 Å². The Balaban J connectivity index is 1.70. The number of anilines is 1. The van der Waals surface area contributed by atoms with Gasteiger partial charge in [0.2, 0.25) is 0 Å². The van der Waals surface area contributed by atoms with Gasteiger partial charge in [0.25, 0.3) is 0 Å². The number of hydrogen-bond acceptors (Lipinski definition) is 4. The fraction of sp³-hybridized carbons (Fsp3) is 0.357. The first-order valence-corrected chi connectivity index (χ1v) is 7.04. The lowest BCUT2D eigenvalue weighted by Gasteiger charge is -2.25. The normalized spacial score (nSPS) is 15.6. The lowest BCUT2D eigenvalue weighted by molar-refractivity contribution is 0.247. The second kappa shape index (κ2) is 4.71. The number of aromatic nitrogens is 1. The average molecular weight is 259 g/mol. The molecule has 3 rings (SSSR count). The number of nitrogens with zero attached hydrogens (tertiary/aromatic N) is 2. The number of fused-ring (bicyclic) bond motifs is 1. The molecule has 4 heteroatoms. The van der Waals surface area contributed by atoms with Gasteiger partial charge in [0.05, 0.1) is 10.7 Å². The van der Waals surface area contributed by atoms with Gasteiger partial charge in [0, 0.05) is 36.6 Å². The van der Waals surface area contributed by atoms with Crippen LogP contribution in [0, 0.1) is 6.92 Å². The Morgan fingerprint density at radius 3 is 2.89 bits per heavy atom. The standard InChI is InChI=1S/C14H17N3S/c1-10-16-13-6-7-17(9-14(13)18-10)8-11-2-4-12(15)5-3-11/h2-5H,6-9,15H2,1H3. The number of rotatable bonds is 2. The third kappa shape index (κ3) is 2.40. The van der Waals surface area contributed by atoms with Gasteiger partial charge in [0.1, 0.15) is 0 Å². The van der Waals surface area contributed by atoms with Gasteiger partial charge in [0.15, 0.2) is 0 Å². The molecule has 3 nitrogen and oxygen atoms in total. The first-order valence-electron chi connectivity index (χ1n) is 6.22. The van der Waals surface area contributed by atoms with Gasteiger partial charge in [-0.25, -0.2) is 4.98 Å². The van der Waals surface area contributed by atoms with Gasteiger partial charge in [-0.2, -0.15) is 0 Å². The van der Waals surface area contributed by atoms with Gasteiger partial charge in [-0.05, 0) is 24.6 Å². The SMILES string of the molecule is Cc1nc2c(s1)CN(Cc1ccc(N)cc1)CC2. The maximum atomic E-state index is 5.71. The molecule has 18 heavy (non-hydrogen) atoms. The zero-order chi connectivity index (χ0) is 12.5. The van der Waals surface area contributed by atoms with Crippen molar-refractivity contribution in [1.29, 1.82) is 0 Å². The van der Waals surface area contributed by atoms with E-state index in [0.29, 0.717) is 0 Å². The molecule has 1 aromatic heterocycles. The molecule has 0 aliphatic carbocycles. The fourth-order valence-corrected chi connectivity index (χ4v) is 3.42. The number of benzene rings is 1. The van der Waals surface area contributed by atoms with E-state index >= 15 is 0 Å². The zero-order valence-electron chi connectivity index (χ0n) is 10.5. The molecule has 0 amide bonds. The minimum absolute atomic E-state index is 0.831. The Labute approximate surface area is 111 Å². The number of nitrogen functional groups attached to an aromatic ring is 1. The van der Waals surface area contributed by atoms with E-state index in [1.54, 1.807) is 0 Å². The van der Waals surface area contributed by atoms with E-state index in [4.69, 9.17) is 5.73 Å². The van der Waals surface area contributed by atoms with Crippen LogP contribution in [0.4, 0.5) is 5.69 Å². The Morgan fingerprint density at radius 1 is 1.33 bits per heavy atom. The van der Waals surface area contributed by atoms with E-state index in [9.17, 15) is 0 Å². The molecule has 0 fully saturated rings. The van der Waals surface area contributed by atoms with Crippen molar-refractivity contribution in [1.82, 2.24) is 9.88 Å². The van der Waals surface area contributed by atoms with Crippen LogP contribution in [-0.2, 0) is 19.5 Å². The second-order valence-electron chi connectivity index (χ2n) is 4.80. The largest absolute Gasteiger partial charge is 0.399 e. The van der Waals surface area contributed by atoms with Crippen LogP contribution in [0.15, 0.2) is 24.3 Å². The smallest absolute Gasteiger partial charge is 0.0900 e. The zero-order valence-corrected chi connectivity index (χ0v) is 11.3. The third-order valence-electron chi connectivity index (χ3n) is 3.30. The molecule has 94 valence electrons. The van der Waals surface area contributed by atoms with Crippen LogP contribution in [0.3, 0.4) is 0 Å². The van der Waals surface area contributed by atoms with Gasteiger partial charge >= 0.3 is 0 Å². The lowest BCUT2D eigenvalue weighted by Crippen LogP contribution is -2.29. The van der Waals surface area contributed by atoms with Crippen LogP contribution in [0.1, 0.15) is 21.1 Å². The summed E-state index contributed by atoms with van der Waals surface area (Å²) in [6.07, 6.45) is 1.08. The fourth-order valence-electron chi connectivity index (χ4n) is 2.39. The molecule has 0 unspecified atom stereocenters. The monoisotopic (exact) mass is 259 g/mol. The molecular formula is C14H17N3S. The average Bonchev–Trinajstić information content (AvgIpc) is 2.71. The second-order valence-corrected chi connectivity index (χ2v) is 6.09. The molecule has 0 spiro atoms. The predicted octanol–water partition coefficient (Wildman–Crippen LogP) is 2.59. The van der Waals surface area contributed by atoms with Crippen LogP contribution in [0.25, 0.3) is 0 Å². The molecule has 0 saturated carbocycles. The highest BCUT2D eigenvalue weighted by molar-refractivity contribution is 7.11. The van der Waals surface area contributed by atoms with Crippen molar-refractivity contribution >= 4 is 17.0 Å². The van der Waals surface area contributed by atoms with Gasteiger partial charge in [-0.1, -0.05) is 12.1 Å². The van der Waals surface area contributed by atoms with Crippen molar-refractivity contribution in [2.75, 3.05) is 12.3 Å². The minimum atomic E-state index is 0.831. The molecular weight excluding hydrogens is 242 g/mol. The van der Waals surface area contributed by atoms with Crippen molar-refractivity contribution in [3.05, 3.63) is 45.4 Å². The Bertz CT molecular complexity index is 545. The quantitative estimate of drug-likeness (QED) is 0.843. The number of hydrogen-bond donors (Lipinski definition) is 1. The molecule has 1 aromatic carbocycles. The first kappa shape index (κ1) is 11.7. The summed E-state index contributed by atoms with van der Waals surface area (Å²) in [5.41, 5.74) is 9.18. The van der Waals surface area contributed by atoms with Crippen molar-refractivity contribution < 1.29 is 0 Å². The summed E-state index contributed by atoms with van der Waals surface area (Å²) in [7, 11) is 0. The highest BCUT2D eigenvalue weighted by atomic mass is 32.1. The first-order chi connectivity index (χ1) is 8.70. The number of nitrogens with two attached hydrogens (primary N) is 1. The van der Waals surface area contributed by atoms with Crippen molar-refractivity contribution in [2.45, 2.75) is 26.4 Å².